The van der Waals surface area contributed by atoms with Gasteiger partial charge in [-0.1, -0.05) is 257 Å². The Morgan fingerprint density at radius 1 is 0.412 bits per heavy atom. The molecule has 19 nitrogen and oxygen atoms in total. The predicted molar refractivity (Wildman–Crippen MR) is 328 cm³/mol. The van der Waals surface area contributed by atoms with Crippen LogP contribution in [0.1, 0.15) is 271 Å². The molecule has 0 aromatic rings. The Balaban J connectivity index is 1.44. The van der Waals surface area contributed by atoms with E-state index in [0.29, 0.717) is 6.42 Å². The molecule has 0 saturated carbocycles. The molecule has 0 bridgehead atoms. The Bertz CT molecular complexity index is 1600. The van der Waals surface area contributed by atoms with Crippen molar-refractivity contribution in [2.24, 2.45) is 0 Å². The smallest absolute Gasteiger partial charge is 0.220 e. The third kappa shape index (κ3) is 31.9. The van der Waals surface area contributed by atoms with Crippen LogP contribution in [-0.4, -0.2) is 193 Å². The van der Waals surface area contributed by atoms with E-state index in [1.807, 2.05) is 6.08 Å². The zero-order chi connectivity index (χ0) is 61.9. The van der Waals surface area contributed by atoms with Gasteiger partial charge in [-0.05, 0) is 19.3 Å². The Labute approximate surface area is 512 Å². The molecule has 85 heavy (non-hydrogen) atoms. The number of hydrogen-bond donors (Lipinski definition) is 12. The number of aliphatic hydroxyl groups is 11. The van der Waals surface area contributed by atoms with Gasteiger partial charge in [-0.3, -0.25) is 4.79 Å². The molecule has 3 aliphatic heterocycles. The standard InChI is InChI=1S/C66H125NO18/c1-3-5-7-9-11-13-15-17-19-21-22-23-24-25-26-28-30-32-34-36-38-40-42-44-54(72)67-49(50(71)43-41-39-37-35-33-31-29-27-20-18-16-14-12-10-8-6-4-2)48-80-64-60(78)57(75)62(52(46-69)82-64)85-66-61(79)58(76)63(53(47-70)83-66)84-65-59(77)56(74)55(73)51(45-68)81-65/h41,43,49-53,55-66,68-71,73-79H,3-40,42,44-48H2,1-2H3,(H,67,72)/b43-41+. The van der Waals surface area contributed by atoms with E-state index in [-0.39, 0.29) is 18.9 Å². The third-order valence-electron chi connectivity index (χ3n) is 17.6. The fourth-order valence-electron chi connectivity index (χ4n) is 12.0. The fourth-order valence-corrected chi connectivity index (χ4v) is 12.0. The molecule has 3 saturated heterocycles. The molecule has 3 fully saturated rings. The van der Waals surface area contributed by atoms with Crippen LogP contribution in [-0.2, 0) is 33.2 Å². The van der Waals surface area contributed by atoms with Crippen molar-refractivity contribution in [1.82, 2.24) is 5.32 Å². The van der Waals surface area contributed by atoms with Gasteiger partial charge in [0.1, 0.15) is 73.2 Å². The molecule has 0 aromatic heterocycles. The lowest BCUT2D eigenvalue weighted by Crippen LogP contribution is -2.66. The average molecular weight is 1220 g/mol. The summed E-state index contributed by atoms with van der Waals surface area (Å²) in [6.45, 7) is 1.77. The van der Waals surface area contributed by atoms with E-state index < -0.39 is 124 Å². The fraction of sp³-hybridized carbons (Fsp3) is 0.955. The summed E-state index contributed by atoms with van der Waals surface area (Å²) in [6.07, 6.45) is 26.1. The highest BCUT2D eigenvalue weighted by Gasteiger charge is 2.53. The van der Waals surface area contributed by atoms with E-state index in [2.05, 4.69) is 19.2 Å². The number of carbonyl (C=O) groups excluding carboxylic acids is 1. The number of ether oxygens (including phenoxy) is 6. The zero-order valence-electron chi connectivity index (χ0n) is 52.9. The van der Waals surface area contributed by atoms with Crippen LogP contribution < -0.4 is 5.32 Å². The van der Waals surface area contributed by atoms with Crippen LogP contribution in [0.5, 0.6) is 0 Å². The summed E-state index contributed by atoms with van der Waals surface area (Å²) in [5, 5.41) is 120. The van der Waals surface area contributed by atoms with Gasteiger partial charge in [0, 0.05) is 6.42 Å². The van der Waals surface area contributed by atoms with E-state index in [9.17, 15) is 61.0 Å². The highest BCUT2D eigenvalue weighted by molar-refractivity contribution is 5.76. The molecule has 12 N–H and O–H groups in total. The molecular formula is C66H125NO18. The normalized spacial score (nSPS) is 29.0. The Kier molecular flexibility index (Phi) is 45.1. The molecule has 17 unspecified atom stereocenters. The molecule has 3 aliphatic rings. The number of unbranched alkanes of at least 4 members (excludes halogenated alkanes) is 37. The lowest BCUT2D eigenvalue weighted by atomic mass is 9.96. The van der Waals surface area contributed by atoms with Crippen molar-refractivity contribution in [3.8, 4) is 0 Å². The first-order valence-electron chi connectivity index (χ1n) is 34.4. The predicted octanol–water partition coefficient (Wildman–Crippen LogP) is 8.50. The van der Waals surface area contributed by atoms with Crippen LogP contribution in [0.15, 0.2) is 12.2 Å². The highest BCUT2D eigenvalue weighted by Crippen LogP contribution is 2.33. The summed E-state index contributed by atoms with van der Waals surface area (Å²) >= 11 is 0. The summed E-state index contributed by atoms with van der Waals surface area (Å²) in [5.41, 5.74) is 0. The van der Waals surface area contributed by atoms with Crippen LogP contribution in [0.3, 0.4) is 0 Å². The van der Waals surface area contributed by atoms with Gasteiger partial charge in [0.25, 0.3) is 0 Å². The van der Waals surface area contributed by atoms with Gasteiger partial charge in [0.15, 0.2) is 18.9 Å². The Morgan fingerprint density at radius 3 is 1.11 bits per heavy atom. The number of carbonyl (C=O) groups is 1. The van der Waals surface area contributed by atoms with E-state index >= 15 is 0 Å². The van der Waals surface area contributed by atoms with Crippen LogP contribution in [0.4, 0.5) is 0 Å². The van der Waals surface area contributed by atoms with Crippen molar-refractivity contribution in [1.29, 1.82) is 0 Å². The topological polar surface area (TPSA) is 307 Å². The summed E-state index contributed by atoms with van der Waals surface area (Å²) in [5.74, 6) is -0.269. The van der Waals surface area contributed by atoms with Crippen molar-refractivity contribution >= 4 is 5.91 Å². The van der Waals surface area contributed by atoms with E-state index in [1.54, 1.807) is 6.08 Å². The minimum Gasteiger partial charge on any atom is -0.394 e. The van der Waals surface area contributed by atoms with Crippen molar-refractivity contribution in [2.75, 3.05) is 26.4 Å². The summed E-state index contributed by atoms with van der Waals surface area (Å²) in [4.78, 5) is 13.4. The lowest BCUT2D eigenvalue weighted by Gasteiger charge is -2.48. The SMILES string of the molecule is CCCCCCCCCCCCCCCCC/C=C/C(O)C(COC1OC(CO)C(OC2OC(CO)C(OC3OC(CO)C(O)C(O)C3O)C(O)C2O)C(O)C1O)NC(=O)CCCCCCCCCCCCCCCCCCCCCCCCC. The van der Waals surface area contributed by atoms with E-state index in [0.717, 1.165) is 44.9 Å². The molecule has 3 heterocycles. The van der Waals surface area contributed by atoms with Crippen molar-refractivity contribution in [2.45, 2.75) is 375 Å². The summed E-state index contributed by atoms with van der Waals surface area (Å²) in [6, 6.07) is -0.968. The Hall–Kier alpha value is -1.47. The van der Waals surface area contributed by atoms with Crippen LogP contribution >= 0.6 is 0 Å². The quantitative estimate of drug-likeness (QED) is 0.0201. The van der Waals surface area contributed by atoms with Gasteiger partial charge in [-0.2, -0.15) is 0 Å². The van der Waals surface area contributed by atoms with Gasteiger partial charge in [0.05, 0.1) is 38.6 Å². The molecule has 0 radical (unpaired) electrons. The molecule has 1 amide bonds. The number of allylic oxidation sites excluding steroid dienone is 1. The molecule has 0 spiro atoms. The lowest BCUT2D eigenvalue weighted by molar-refractivity contribution is -0.379. The molecule has 502 valence electrons. The first kappa shape index (κ1) is 77.8. The van der Waals surface area contributed by atoms with Crippen LogP contribution in [0, 0.1) is 0 Å². The first-order chi connectivity index (χ1) is 41.3. The van der Waals surface area contributed by atoms with Gasteiger partial charge < -0.3 is 89.9 Å². The zero-order valence-corrected chi connectivity index (χ0v) is 52.9. The average Bonchev–Trinajstić information content (AvgIpc) is 3.10. The first-order valence-corrected chi connectivity index (χ1v) is 34.4. The second-order valence-electron chi connectivity index (χ2n) is 25.0. The number of amides is 1. The maximum atomic E-state index is 13.4. The molecule has 0 aliphatic carbocycles. The second-order valence-corrected chi connectivity index (χ2v) is 25.0. The molecular weight excluding hydrogens is 1090 g/mol. The number of rotatable bonds is 53. The second kappa shape index (κ2) is 49.3. The maximum absolute atomic E-state index is 13.4. The van der Waals surface area contributed by atoms with Gasteiger partial charge in [0.2, 0.25) is 5.91 Å². The van der Waals surface area contributed by atoms with Crippen molar-refractivity contribution in [3.05, 3.63) is 12.2 Å². The van der Waals surface area contributed by atoms with Crippen LogP contribution in [0.25, 0.3) is 0 Å². The van der Waals surface area contributed by atoms with E-state index in [4.69, 9.17) is 28.4 Å². The number of nitrogens with one attached hydrogen (secondary N) is 1. The minimum atomic E-state index is -1.98. The maximum Gasteiger partial charge on any atom is 0.220 e. The number of hydrogen-bond acceptors (Lipinski definition) is 18. The molecule has 0 aromatic carbocycles. The van der Waals surface area contributed by atoms with Gasteiger partial charge in [-0.15, -0.1) is 0 Å². The molecule has 3 rings (SSSR count). The van der Waals surface area contributed by atoms with Crippen molar-refractivity contribution < 1.29 is 89.4 Å². The monoisotopic (exact) mass is 1220 g/mol. The largest absolute Gasteiger partial charge is 0.394 e. The third-order valence-corrected chi connectivity index (χ3v) is 17.6. The number of aliphatic hydroxyl groups excluding tert-OH is 11. The van der Waals surface area contributed by atoms with Crippen molar-refractivity contribution in [3.63, 3.8) is 0 Å². The summed E-state index contributed by atoms with van der Waals surface area (Å²) in [7, 11) is 0. The highest BCUT2D eigenvalue weighted by atomic mass is 16.8. The minimum absolute atomic E-state index is 0.250. The van der Waals surface area contributed by atoms with Gasteiger partial charge >= 0.3 is 0 Å². The van der Waals surface area contributed by atoms with Gasteiger partial charge in [-0.25, -0.2) is 0 Å². The van der Waals surface area contributed by atoms with Crippen LogP contribution in [0.2, 0.25) is 0 Å². The Morgan fingerprint density at radius 2 is 0.729 bits per heavy atom. The molecule has 17 atom stereocenters. The van der Waals surface area contributed by atoms with E-state index in [1.165, 1.54) is 199 Å². The molecule has 19 heteroatoms. The summed E-state index contributed by atoms with van der Waals surface area (Å²) < 4.78 is 34.3.